The second-order valence-corrected chi connectivity index (χ2v) is 4.98. The highest BCUT2D eigenvalue weighted by atomic mass is 16.3. The van der Waals surface area contributed by atoms with Crippen molar-refractivity contribution in [3.63, 3.8) is 0 Å². The van der Waals surface area contributed by atoms with Crippen LogP contribution in [0.5, 0.6) is 0 Å². The van der Waals surface area contributed by atoms with Gasteiger partial charge in [-0.15, -0.1) is 0 Å². The summed E-state index contributed by atoms with van der Waals surface area (Å²) < 4.78 is 0. The number of aryl methyl sites for hydroxylation is 1. The number of aliphatic hydroxyl groups is 1. The Labute approximate surface area is 124 Å². The third-order valence-corrected chi connectivity index (χ3v) is 3.21. The van der Waals surface area contributed by atoms with Gasteiger partial charge in [0, 0.05) is 13.1 Å². The molecule has 0 fully saturated rings. The van der Waals surface area contributed by atoms with Gasteiger partial charge in [-0.1, -0.05) is 60.2 Å². The van der Waals surface area contributed by atoms with E-state index in [9.17, 15) is 9.90 Å². The average Bonchev–Trinajstić information content (AvgIpc) is 2.52. The quantitative estimate of drug-likeness (QED) is 0.790. The monoisotopic (exact) mass is 284 g/mol. The second-order valence-electron chi connectivity index (χ2n) is 4.98. The Morgan fingerprint density at radius 2 is 1.71 bits per heavy atom. The van der Waals surface area contributed by atoms with Crippen LogP contribution in [0.3, 0.4) is 0 Å². The van der Waals surface area contributed by atoms with Crippen LogP contribution >= 0.6 is 0 Å². The molecular weight excluding hydrogens is 264 g/mol. The lowest BCUT2D eigenvalue weighted by atomic mass is 10.1. The van der Waals surface area contributed by atoms with Crippen molar-refractivity contribution in [3.05, 3.63) is 71.3 Å². The molecule has 1 unspecified atom stereocenters. The number of amides is 2. The van der Waals surface area contributed by atoms with Gasteiger partial charge in [0.2, 0.25) is 0 Å². The Morgan fingerprint density at radius 3 is 2.38 bits per heavy atom. The van der Waals surface area contributed by atoms with Gasteiger partial charge in [-0.05, 0) is 18.1 Å². The molecule has 4 nitrogen and oxygen atoms in total. The fourth-order valence-electron chi connectivity index (χ4n) is 1.94. The number of hydrogen-bond donors (Lipinski definition) is 3. The summed E-state index contributed by atoms with van der Waals surface area (Å²) in [6.07, 6.45) is -0.701. The van der Waals surface area contributed by atoms with Crippen molar-refractivity contribution in [2.75, 3.05) is 6.54 Å². The molecule has 0 aliphatic rings. The van der Waals surface area contributed by atoms with Gasteiger partial charge >= 0.3 is 6.03 Å². The van der Waals surface area contributed by atoms with Crippen LogP contribution < -0.4 is 10.6 Å². The highest BCUT2D eigenvalue weighted by Crippen LogP contribution is 2.12. The van der Waals surface area contributed by atoms with Gasteiger partial charge in [0.05, 0.1) is 6.10 Å². The van der Waals surface area contributed by atoms with E-state index in [1.54, 1.807) is 0 Å². The molecular formula is C17H20N2O2. The Bertz CT molecular complexity index is 567. The lowest BCUT2D eigenvalue weighted by molar-refractivity contribution is 0.173. The van der Waals surface area contributed by atoms with E-state index in [2.05, 4.69) is 10.6 Å². The van der Waals surface area contributed by atoms with Crippen molar-refractivity contribution in [2.45, 2.75) is 19.6 Å². The number of aliphatic hydroxyl groups excluding tert-OH is 1. The fourth-order valence-corrected chi connectivity index (χ4v) is 1.94. The number of benzene rings is 2. The standard InChI is InChI=1S/C17H20N2O2/c1-13-7-9-15(10-8-13)16(20)12-19-17(21)18-11-14-5-3-2-4-6-14/h2-10,16,20H,11-12H2,1H3,(H2,18,19,21). The minimum absolute atomic E-state index is 0.184. The van der Waals surface area contributed by atoms with E-state index in [4.69, 9.17) is 0 Å². The van der Waals surface area contributed by atoms with Crippen molar-refractivity contribution >= 4 is 6.03 Å². The van der Waals surface area contributed by atoms with Gasteiger partial charge in [-0.3, -0.25) is 0 Å². The summed E-state index contributed by atoms with van der Waals surface area (Å²) in [6, 6.07) is 17.0. The number of carbonyl (C=O) groups is 1. The maximum absolute atomic E-state index is 11.7. The van der Waals surface area contributed by atoms with E-state index in [0.717, 1.165) is 16.7 Å². The third kappa shape index (κ3) is 4.93. The van der Waals surface area contributed by atoms with Crippen molar-refractivity contribution < 1.29 is 9.90 Å². The molecule has 2 aromatic rings. The minimum Gasteiger partial charge on any atom is -0.387 e. The average molecular weight is 284 g/mol. The summed E-state index contributed by atoms with van der Waals surface area (Å²) in [7, 11) is 0. The Hall–Kier alpha value is -2.33. The van der Waals surface area contributed by atoms with Crippen molar-refractivity contribution in [2.24, 2.45) is 0 Å². The molecule has 1 atom stereocenters. The van der Waals surface area contributed by atoms with Crippen LogP contribution in [0.2, 0.25) is 0 Å². The predicted molar refractivity (Wildman–Crippen MR) is 82.8 cm³/mol. The summed E-state index contributed by atoms with van der Waals surface area (Å²) in [5, 5.41) is 15.4. The largest absolute Gasteiger partial charge is 0.387 e. The number of urea groups is 1. The van der Waals surface area contributed by atoms with E-state index >= 15 is 0 Å². The Balaban J connectivity index is 1.74. The van der Waals surface area contributed by atoms with Crippen LogP contribution in [-0.4, -0.2) is 17.7 Å². The zero-order valence-corrected chi connectivity index (χ0v) is 12.0. The zero-order chi connectivity index (χ0) is 15.1. The van der Waals surface area contributed by atoms with E-state index in [0.29, 0.717) is 6.54 Å². The normalized spacial score (nSPS) is 11.7. The molecule has 0 aliphatic carbocycles. The van der Waals surface area contributed by atoms with Gasteiger partial charge in [-0.25, -0.2) is 4.79 Å². The maximum Gasteiger partial charge on any atom is 0.315 e. The van der Waals surface area contributed by atoms with Crippen LogP contribution in [0.25, 0.3) is 0 Å². The number of rotatable bonds is 5. The van der Waals surface area contributed by atoms with E-state index in [1.165, 1.54) is 0 Å². The number of nitrogens with one attached hydrogen (secondary N) is 2. The van der Waals surface area contributed by atoms with Gasteiger partial charge in [0.15, 0.2) is 0 Å². The Morgan fingerprint density at radius 1 is 1.05 bits per heavy atom. The summed E-state index contributed by atoms with van der Waals surface area (Å²) in [6.45, 7) is 2.64. The first kappa shape index (κ1) is 15.1. The molecule has 0 heterocycles. The molecule has 4 heteroatoms. The highest BCUT2D eigenvalue weighted by Gasteiger charge is 2.08. The summed E-state index contributed by atoms with van der Waals surface area (Å²) in [5.74, 6) is 0. The predicted octanol–water partition coefficient (Wildman–Crippen LogP) is 2.53. The van der Waals surface area contributed by atoms with Gasteiger partial charge in [0.1, 0.15) is 0 Å². The van der Waals surface area contributed by atoms with Gasteiger partial charge in [0.25, 0.3) is 0 Å². The summed E-state index contributed by atoms with van der Waals surface area (Å²) >= 11 is 0. The SMILES string of the molecule is Cc1ccc(C(O)CNC(=O)NCc2ccccc2)cc1. The second kappa shape index (κ2) is 7.45. The van der Waals surface area contributed by atoms with E-state index < -0.39 is 6.10 Å². The lowest BCUT2D eigenvalue weighted by Crippen LogP contribution is -2.37. The van der Waals surface area contributed by atoms with Crippen molar-refractivity contribution in [1.29, 1.82) is 0 Å². The number of hydrogen-bond acceptors (Lipinski definition) is 2. The lowest BCUT2D eigenvalue weighted by Gasteiger charge is -2.13. The molecule has 2 rings (SSSR count). The molecule has 110 valence electrons. The van der Waals surface area contributed by atoms with Crippen molar-refractivity contribution in [3.8, 4) is 0 Å². The molecule has 2 aromatic carbocycles. The Kier molecular flexibility index (Phi) is 5.35. The molecule has 21 heavy (non-hydrogen) atoms. The topological polar surface area (TPSA) is 61.4 Å². The summed E-state index contributed by atoms with van der Waals surface area (Å²) in [4.78, 5) is 11.7. The van der Waals surface area contributed by atoms with Gasteiger partial charge in [-0.2, -0.15) is 0 Å². The van der Waals surface area contributed by atoms with E-state index in [-0.39, 0.29) is 12.6 Å². The molecule has 0 saturated heterocycles. The molecule has 0 aliphatic heterocycles. The summed E-state index contributed by atoms with van der Waals surface area (Å²) in [5.41, 5.74) is 2.97. The molecule has 3 N–H and O–H groups in total. The first-order chi connectivity index (χ1) is 10.1. The minimum atomic E-state index is -0.701. The molecule has 0 saturated carbocycles. The van der Waals surface area contributed by atoms with Crippen molar-refractivity contribution in [1.82, 2.24) is 10.6 Å². The molecule has 0 radical (unpaired) electrons. The zero-order valence-electron chi connectivity index (χ0n) is 12.0. The highest BCUT2D eigenvalue weighted by molar-refractivity contribution is 5.73. The molecule has 0 aromatic heterocycles. The van der Waals surface area contributed by atoms with Crippen LogP contribution in [0.1, 0.15) is 22.8 Å². The smallest absolute Gasteiger partial charge is 0.315 e. The van der Waals surface area contributed by atoms with Crippen LogP contribution in [0, 0.1) is 6.92 Å². The first-order valence-corrected chi connectivity index (χ1v) is 6.95. The van der Waals surface area contributed by atoms with E-state index in [1.807, 2.05) is 61.5 Å². The third-order valence-electron chi connectivity index (χ3n) is 3.21. The number of carbonyl (C=O) groups excluding carboxylic acids is 1. The van der Waals surface area contributed by atoms with Crippen LogP contribution in [0.4, 0.5) is 4.79 Å². The van der Waals surface area contributed by atoms with Crippen LogP contribution in [0.15, 0.2) is 54.6 Å². The van der Waals surface area contributed by atoms with Crippen LogP contribution in [-0.2, 0) is 6.54 Å². The first-order valence-electron chi connectivity index (χ1n) is 6.95. The molecule has 2 amide bonds. The fraction of sp³-hybridized carbons (Fsp3) is 0.235. The molecule has 0 bridgehead atoms. The molecule has 0 spiro atoms. The maximum atomic E-state index is 11.7. The van der Waals surface area contributed by atoms with Gasteiger partial charge < -0.3 is 15.7 Å².